The van der Waals surface area contributed by atoms with Gasteiger partial charge in [0.2, 0.25) is 0 Å². The van der Waals surface area contributed by atoms with E-state index in [9.17, 15) is 0 Å². The maximum absolute atomic E-state index is 5.67. The first-order valence-electron chi connectivity index (χ1n) is 5.97. The standard InChI is InChI=1S/C12H20N2O2/c1-15-12(5-3-6-12)8-10-9-14-11(16-10)4-2-7-13/h9H,2-8,13H2,1H3. The molecule has 0 aliphatic heterocycles. The summed E-state index contributed by atoms with van der Waals surface area (Å²) in [6.45, 7) is 0.680. The average Bonchev–Trinajstić information content (AvgIpc) is 2.68. The number of hydrogen-bond donors (Lipinski definition) is 1. The Morgan fingerprint density at radius 2 is 2.38 bits per heavy atom. The summed E-state index contributed by atoms with van der Waals surface area (Å²) in [5.41, 5.74) is 5.47. The summed E-state index contributed by atoms with van der Waals surface area (Å²) in [6.07, 6.45) is 7.93. The molecule has 1 aliphatic carbocycles. The monoisotopic (exact) mass is 224 g/mol. The van der Waals surface area contributed by atoms with Crippen LogP contribution in [0, 0.1) is 0 Å². The van der Waals surface area contributed by atoms with Crippen LogP contribution < -0.4 is 5.73 Å². The van der Waals surface area contributed by atoms with Gasteiger partial charge in [-0.25, -0.2) is 4.98 Å². The molecular weight excluding hydrogens is 204 g/mol. The molecule has 1 heterocycles. The van der Waals surface area contributed by atoms with Crippen LogP contribution in [0.2, 0.25) is 0 Å². The van der Waals surface area contributed by atoms with Gasteiger partial charge in [0.15, 0.2) is 5.89 Å². The van der Waals surface area contributed by atoms with Crippen molar-refractivity contribution in [1.29, 1.82) is 0 Å². The average molecular weight is 224 g/mol. The van der Waals surface area contributed by atoms with E-state index in [1.807, 2.05) is 6.20 Å². The van der Waals surface area contributed by atoms with Gasteiger partial charge in [0.05, 0.1) is 11.8 Å². The van der Waals surface area contributed by atoms with Gasteiger partial charge in [0, 0.05) is 20.0 Å². The second-order valence-corrected chi connectivity index (χ2v) is 4.53. The largest absolute Gasteiger partial charge is 0.446 e. The van der Waals surface area contributed by atoms with Crippen molar-refractivity contribution in [3.63, 3.8) is 0 Å². The SMILES string of the molecule is COC1(Cc2cnc(CCCN)o2)CCC1. The Hall–Kier alpha value is -0.870. The summed E-state index contributed by atoms with van der Waals surface area (Å²) in [5.74, 6) is 1.74. The van der Waals surface area contributed by atoms with Crippen molar-refractivity contribution < 1.29 is 9.15 Å². The van der Waals surface area contributed by atoms with Gasteiger partial charge in [-0.3, -0.25) is 0 Å². The Morgan fingerprint density at radius 3 is 2.94 bits per heavy atom. The van der Waals surface area contributed by atoms with Crippen LogP contribution in [-0.2, 0) is 17.6 Å². The van der Waals surface area contributed by atoms with Gasteiger partial charge >= 0.3 is 0 Å². The van der Waals surface area contributed by atoms with E-state index < -0.39 is 0 Å². The van der Waals surface area contributed by atoms with Gasteiger partial charge in [-0.1, -0.05) is 0 Å². The minimum absolute atomic E-state index is 0.0185. The summed E-state index contributed by atoms with van der Waals surface area (Å²) < 4.78 is 11.2. The highest BCUT2D eigenvalue weighted by Gasteiger charge is 2.38. The molecule has 1 aromatic rings. The molecule has 0 spiro atoms. The molecule has 2 rings (SSSR count). The lowest BCUT2D eigenvalue weighted by Crippen LogP contribution is -2.41. The van der Waals surface area contributed by atoms with E-state index in [1.165, 1.54) is 6.42 Å². The number of rotatable bonds is 6. The highest BCUT2D eigenvalue weighted by Crippen LogP contribution is 2.38. The molecule has 1 saturated carbocycles. The quantitative estimate of drug-likeness (QED) is 0.798. The first-order valence-corrected chi connectivity index (χ1v) is 5.97. The molecular formula is C12H20N2O2. The number of nitrogens with zero attached hydrogens (tertiary/aromatic N) is 1. The summed E-state index contributed by atoms with van der Waals surface area (Å²) >= 11 is 0. The maximum atomic E-state index is 5.67. The second kappa shape index (κ2) is 4.97. The van der Waals surface area contributed by atoms with E-state index >= 15 is 0 Å². The van der Waals surface area contributed by atoms with Crippen molar-refractivity contribution >= 4 is 0 Å². The Morgan fingerprint density at radius 1 is 1.56 bits per heavy atom. The van der Waals surface area contributed by atoms with E-state index in [0.717, 1.165) is 43.8 Å². The zero-order valence-corrected chi connectivity index (χ0v) is 9.87. The zero-order chi connectivity index (χ0) is 11.4. The molecule has 16 heavy (non-hydrogen) atoms. The molecule has 1 aliphatic rings. The van der Waals surface area contributed by atoms with Crippen molar-refractivity contribution in [3.8, 4) is 0 Å². The van der Waals surface area contributed by atoms with Crippen LogP contribution in [0.5, 0.6) is 0 Å². The number of hydrogen-bond acceptors (Lipinski definition) is 4. The van der Waals surface area contributed by atoms with Crippen molar-refractivity contribution in [2.75, 3.05) is 13.7 Å². The molecule has 0 bridgehead atoms. The Labute approximate surface area is 96.2 Å². The van der Waals surface area contributed by atoms with Crippen LogP contribution in [0.25, 0.3) is 0 Å². The highest BCUT2D eigenvalue weighted by molar-refractivity contribution is 5.03. The molecule has 2 N–H and O–H groups in total. The smallest absolute Gasteiger partial charge is 0.194 e. The molecule has 0 radical (unpaired) electrons. The lowest BCUT2D eigenvalue weighted by molar-refractivity contribution is -0.0738. The molecule has 0 atom stereocenters. The fraction of sp³-hybridized carbons (Fsp3) is 0.750. The van der Waals surface area contributed by atoms with Crippen LogP contribution in [0.3, 0.4) is 0 Å². The third-order valence-corrected chi connectivity index (χ3v) is 3.39. The van der Waals surface area contributed by atoms with Crippen molar-refractivity contribution in [1.82, 2.24) is 4.98 Å². The summed E-state index contributed by atoms with van der Waals surface area (Å²) in [7, 11) is 1.78. The van der Waals surface area contributed by atoms with Crippen LogP contribution in [0.1, 0.15) is 37.3 Å². The van der Waals surface area contributed by atoms with Crippen LogP contribution in [-0.4, -0.2) is 24.2 Å². The summed E-state index contributed by atoms with van der Waals surface area (Å²) in [4.78, 5) is 4.25. The fourth-order valence-electron chi connectivity index (χ4n) is 2.14. The van der Waals surface area contributed by atoms with E-state index in [1.54, 1.807) is 7.11 Å². The van der Waals surface area contributed by atoms with E-state index in [4.69, 9.17) is 14.9 Å². The van der Waals surface area contributed by atoms with Crippen molar-refractivity contribution in [3.05, 3.63) is 17.8 Å². The minimum Gasteiger partial charge on any atom is -0.446 e. The first-order chi connectivity index (χ1) is 7.78. The fourth-order valence-corrected chi connectivity index (χ4v) is 2.14. The van der Waals surface area contributed by atoms with Gasteiger partial charge in [-0.05, 0) is 32.2 Å². The van der Waals surface area contributed by atoms with Crippen LogP contribution >= 0.6 is 0 Å². The van der Waals surface area contributed by atoms with Crippen LogP contribution in [0.15, 0.2) is 10.6 Å². The van der Waals surface area contributed by atoms with E-state index in [0.29, 0.717) is 6.54 Å². The number of ether oxygens (including phenoxy) is 1. The van der Waals surface area contributed by atoms with Crippen molar-refractivity contribution in [2.24, 2.45) is 5.73 Å². The number of aryl methyl sites for hydroxylation is 1. The number of aromatic nitrogens is 1. The van der Waals surface area contributed by atoms with E-state index in [-0.39, 0.29) is 5.60 Å². The van der Waals surface area contributed by atoms with Crippen molar-refractivity contribution in [2.45, 2.75) is 44.1 Å². The Bertz CT molecular complexity index is 326. The lowest BCUT2D eigenvalue weighted by Gasteiger charge is -2.39. The predicted octanol–water partition coefficient (Wildman–Crippen LogP) is 1.68. The topological polar surface area (TPSA) is 61.3 Å². The maximum Gasteiger partial charge on any atom is 0.194 e. The first kappa shape index (κ1) is 11.6. The molecule has 4 heteroatoms. The number of methoxy groups -OCH3 is 1. The molecule has 0 amide bonds. The Balaban J connectivity index is 1.91. The molecule has 0 unspecified atom stereocenters. The van der Waals surface area contributed by atoms with Gasteiger partial charge in [0.1, 0.15) is 5.76 Å². The third kappa shape index (κ3) is 2.44. The normalized spacial score (nSPS) is 18.4. The molecule has 0 aromatic carbocycles. The number of oxazole rings is 1. The molecule has 0 saturated heterocycles. The molecule has 4 nitrogen and oxygen atoms in total. The predicted molar refractivity (Wildman–Crippen MR) is 61.2 cm³/mol. The highest BCUT2D eigenvalue weighted by atomic mass is 16.5. The van der Waals surface area contributed by atoms with E-state index in [2.05, 4.69) is 4.98 Å². The zero-order valence-electron chi connectivity index (χ0n) is 9.87. The Kier molecular flexibility index (Phi) is 3.61. The summed E-state index contributed by atoms with van der Waals surface area (Å²) in [5, 5.41) is 0. The van der Waals surface area contributed by atoms with Crippen LogP contribution in [0.4, 0.5) is 0 Å². The second-order valence-electron chi connectivity index (χ2n) is 4.53. The molecule has 1 fully saturated rings. The van der Waals surface area contributed by atoms with Gasteiger partial charge < -0.3 is 14.9 Å². The minimum atomic E-state index is 0.0185. The molecule has 1 aromatic heterocycles. The lowest BCUT2D eigenvalue weighted by atomic mass is 9.77. The third-order valence-electron chi connectivity index (χ3n) is 3.39. The van der Waals surface area contributed by atoms with Gasteiger partial charge in [0.25, 0.3) is 0 Å². The number of nitrogens with two attached hydrogens (primary N) is 1. The summed E-state index contributed by atoms with van der Waals surface area (Å²) in [6, 6.07) is 0. The molecule has 90 valence electrons. The van der Waals surface area contributed by atoms with Gasteiger partial charge in [-0.15, -0.1) is 0 Å². The van der Waals surface area contributed by atoms with Gasteiger partial charge in [-0.2, -0.15) is 0 Å².